The molecule has 1 heterocycles. The summed E-state index contributed by atoms with van der Waals surface area (Å²) < 4.78 is 99.1. The molecule has 194 valence electrons. The number of pyridine rings is 1. The van der Waals surface area contributed by atoms with Crippen molar-refractivity contribution in [2.45, 2.75) is 38.2 Å². The van der Waals surface area contributed by atoms with Crippen molar-refractivity contribution in [2.24, 2.45) is 0 Å². The average Bonchev–Trinajstić information content (AvgIpc) is 3.32. The maximum atomic E-state index is 13.5. The van der Waals surface area contributed by atoms with E-state index in [0.717, 1.165) is 30.5 Å². The second-order valence-corrected chi connectivity index (χ2v) is 8.34. The Kier molecular flexibility index (Phi) is 8.95. The molecule has 0 radical (unpaired) electrons. The van der Waals surface area contributed by atoms with Gasteiger partial charge in [-0.1, -0.05) is 12.1 Å². The number of ether oxygens (including phenoxy) is 1. The molecule has 0 aliphatic heterocycles. The Bertz CT molecular complexity index is 1370. The predicted molar refractivity (Wildman–Crippen MR) is 116 cm³/mol. The van der Waals surface area contributed by atoms with Gasteiger partial charge in [-0.05, 0) is 77.9 Å². The number of aromatic nitrogens is 1. The Labute approximate surface area is 234 Å². The molecule has 1 aromatic heterocycles. The molecule has 0 atom stereocenters. The zero-order chi connectivity index (χ0) is 27.0. The molecule has 0 N–H and O–H groups in total. The second kappa shape index (κ2) is 11.5. The summed E-state index contributed by atoms with van der Waals surface area (Å²) >= 11 is 0. The first-order valence-corrected chi connectivity index (χ1v) is 10.9. The molecule has 0 spiro atoms. The molecular weight excluding hydrogens is 530 g/mol. The van der Waals surface area contributed by atoms with Gasteiger partial charge in [0.1, 0.15) is 18.2 Å². The van der Waals surface area contributed by atoms with E-state index >= 15 is 0 Å². The summed E-state index contributed by atoms with van der Waals surface area (Å²) in [5.41, 5.74) is -2.38. The Morgan fingerprint density at radius 3 is 2.18 bits per heavy atom. The number of hydrogen-bond donors (Lipinski definition) is 0. The Balaban J connectivity index is 0.00000400. The van der Waals surface area contributed by atoms with Gasteiger partial charge < -0.3 is 14.6 Å². The third-order valence-corrected chi connectivity index (χ3v) is 5.88. The number of halogens is 7. The third-order valence-electron chi connectivity index (χ3n) is 5.88. The fraction of sp³-hybridized carbons (Fsp3) is 0.231. The topological polar surface area (TPSA) is 62.2 Å². The number of carboxylic acid groups (broad SMARTS) is 1. The van der Waals surface area contributed by atoms with Crippen molar-refractivity contribution >= 4 is 17.1 Å². The van der Waals surface area contributed by atoms with Crippen LogP contribution in [0.15, 0.2) is 54.7 Å². The van der Waals surface area contributed by atoms with Crippen molar-refractivity contribution in [1.82, 2.24) is 4.98 Å². The summed E-state index contributed by atoms with van der Waals surface area (Å²) in [6.45, 7) is -0.0854. The van der Waals surface area contributed by atoms with Crippen LogP contribution in [0, 0.1) is 5.82 Å². The number of allylic oxidation sites excluding steroid dienone is 2. The molecule has 0 unspecified atom stereocenters. The molecule has 0 fully saturated rings. The van der Waals surface area contributed by atoms with Gasteiger partial charge in [0.05, 0.1) is 11.5 Å². The summed E-state index contributed by atoms with van der Waals surface area (Å²) in [5.74, 6) is -2.48. The molecule has 0 saturated carbocycles. The molecule has 4 nitrogen and oxygen atoms in total. The maximum absolute atomic E-state index is 13.5. The molecule has 4 rings (SSSR count). The van der Waals surface area contributed by atoms with E-state index in [0.29, 0.717) is 23.1 Å². The number of carboxylic acids is 1. The second-order valence-electron chi connectivity index (χ2n) is 8.34. The summed E-state index contributed by atoms with van der Waals surface area (Å²) in [4.78, 5) is 14.7. The molecule has 0 amide bonds. The summed E-state index contributed by atoms with van der Waals surface area (Å²) in [6, 6.07) is 8.96. The van der Waals surface area contributed by atoms with Crippen LogP contribution in [-0.2, 0) is 19.0 Å². The van der Waals surface area contributed by atoms with Crippen LogP contribution < -0.4 is 39.4 Å². The summed E-state index contributed by atoms with van der Waals surface area (Å²) in [5, 5.41) is 11.4. The van der Waals surface area contributed by atoms with Crippen LogP contribution in [0.1, 0.15) is 57.6 Å². The minimum absolute atomic E-state index is 0. The van der Waals surface area contributed by atoms with Crippen LogP contribution in [0.25, 0.3) is 11.1 Å². The Hall–Kier alpha value is -2.89. The van der Waals surface area contributed by atoms with E-state index in [2.05, 4.69) is 4.98 Å². The minimum atomic E-state index is -5.04. The van der Waals surface area contributed by atoms with E-state index in [1.54, 1.807) is 0 Å². The van der Waals surface area contributed by atoms with Gasteiger partial charge in [0.25, 0.3) is 0 Å². The van der Waals surface area contributed by atoms with Crippen molar-refractivity contribution in [3.63, 3.8) is 0 Å². The first-order valence-electron chi connectivity index (χ1n) is 10.9. The van der Waals surface area contributed by atoms with Gasteiger partial charge in [-0.15, -0.1) is 0 Å². The Morgan fingerprint density at radius 1 is 0.921 bits per heavy atom. The minimum Gasteiger partial charge on any atom is -0.545 e. The molecule has 1 aliphatic rings. The van der Waals surface area contributed by atoms with Crippen molar-refractivity contribution in [2.75, 3.05) is 0 Å². The average molecular weight is 547 g/mol. The standard InChI is InChI=1S/C26H18F7NO3.Na/c27-17-7-4-14(5-8-17)13-37-22-9-6-16(25(28,29)30)11-20(22)19-3-1-2-18(19)15-10-21(24(35)36)23(34-12-15)26(31,32)33;/h4-12H,1-3,13H2,(H,35,36);/q;+1/p-1. The van der Waals surface area contributed by atoms with Crippen molar-refractivity contribution in [3.05, 3.63) is 94.1 Å². The van der Waals surface area contributed by atoms with E-state index in [1.807, 2.05) is 0 Å². The number of rotatable bonds is 6. The van der Waals surface area contributed by atoms with Gasteiger partial charge in [0.15, 0.2) is 5.69 Å². The molecule has 0 bridgehead atoms. The molecule has 2 aromatic carbocycles. The van der Waals surface area contributed by atoms with E-state index in [4.69, 9.17) is 4.74 Å². The molecule has 3 aromatic rings. The first kappa shape index (κ1) is 29.7. The SMILES string of the molecule is O=C([O-])c1cc(C2=C(c3cc(C(F)(F)F)ccc3OCc3ccc(F)cc3)CCC2)cnc1C(F)(F)F.[Na+]. The number of alkyl halides is 6. The summed E-state index contributed by atoms with van der Waals surface area (Å²) in [7, 11) is 0. The van der Waals surface area contributed by atoms with E-state index in [-0.39, 0.29) is 65.9 Å². The van der Waals surface area contributed by atoms with Crippen molar-refractivity contribution in [3.8, 4) is 5.75 Å². The van der Waals surface area contributed by atoms with Gasteiger partial charge in [-0.3, -0.25) is 4.98 Å². The summed E-state index contributed by atoms with van der Waals surface area (Å²) in [6.07, 6.45) is -7.87. The van der Waals surface area contributed by atoms with Crippen molar-refractivity contribution in [1.29, 1.82) is 0 Å². The largest absolute Gasteiger partial charge is 1.00 e. The molecular formula is C26H17F7NNaO3. The van der Waals surface area contributed by atoms with Crippen LogP contribution in [-0.4, -0.2) is 11.0 Å². The van der Waals surface area contributed by atoms with Crippen molar-refractivity contribution < 1.29 is 74.9 Å². The van der Waals surface area contributed by atoms with Crippen LogP contribution in [0.3, 0.4) is 0 Å². The Morgan fingerprint density at radius 2 is 1.58 bits per heavy atom. The zero-order valence-corrected chi connectivity index (χ0v) is 21.8. The van der Waals surface area contributed by atoms with Crippen LogP contribution in [0.4, 0.5) is 30.7 Å². The van der Waals surface area contributed by atoms with Crippen LogP contribution in [0.5, 0.6) is 5.75 Å². The molecule has 1 aliphatic carbocycles. The quantitative estimate of drug-likeness (QED) is 0.351. The van der Waals surface area contributed by atoms with Crippen LogP contribution in [0.2, 0.25) is 0 Å². The fourth-order valence-corrected chi connectivity index (χ4v) is 4.18. The number of carbonyl (C=O) groups is 1. The van der Waals surface area contributed by atoms with Gasteiger partial charge in [0.2, 0.25) is 0 Å². The normalized spacial score (nSPS) is 13.9. The number of carbonyl (C=O) groups excluding carboxylic acids is 1. The van der Waals surface area contributed by atoms with Gasteiger partial charge in [0, 0.05) is 17.3 Å². The monoisotopic (exact) mass is 547 g/mol. The number of aromatic carboxylic acids is 1. The number of nitrogens with zero attached hydrogens (tertiary/aromatic N) is 1. The van der Waals surface area contributed by atoms with E-state index in [1.165, 1.54) is 24.3 Å². The number of hydrogen-bond acceptors (Lipinski definition) is 4. The predicted octanol–water partition coefficient (Wildman–Crippen LogP) is 3.30. The van der Waals surface area contributed by atoms with Crippen LogP contribution >= 0.6 is 0 Å². The van der Waals surface area contributed by atoms with Gasteiger partial charge in [-0.25, -0.2) is 4.39 Å². The molecule has 38 heavy (non-hydrogen) atoms. The zero-order valence-electron chi connectivity index (χ0n) is 19.8. The smallest absolute Gasteiger partial charge is 0.545 e. The maximum Gasteiger partial charge on any atom is 1.00 e. The number of benzene rings is 2. The first-order chi connectivity index (χ1) is 17.3. The van der Waals surface area contributed by atoms with Gasteiger partial charge in [-0.2, -0.15) is 26.3 Å². The van der Waals surface area contributed by atoms with E-state index < -0.39 is 41.0 Å². The fourth-order valence-electron chi connectivity index (χ4n) is 4.18. The third kappa shape index (κ3) is 6.57. The molecule has 0 saturated heterocycles. The molecule has 12 heteroatoms. The van der Waals surface area contributed by atoms with E-state index in [9.17, 15) is 40.6 Å². The van der Waals surface area contributed by atoms with Gasteiger partial charge >= 0.3 is 41.9 Å².